The summed E-state index contributed by atoms with van der Waals surface area (Å²) < 4.78 is 26.2. The van der Waals surface area contributed by atoms with Gasteiger partial charge < -0.3 is 15.7 Å². The van der Waals surface area contributed by atoms with E-state index in [-0.39, 0.29) is 30.0 Å². The van der Waals surface area contributed by atoms with E-state index in [2.05, 4.69) is 10.6 Å². The first-order chi connectivity index (χ1) is 9.69. The average Bonchev–Trinajstić information content (AvgIpc) is 2.32. The first kappa shape index (κ1) is 17.5. The predicted octanol–water partition coefficient (Wildman–Crippen LogP) is 1.89. The maximum absolute atomic E-state index is 13.4. The van der Waals surface area contributed by atoms with Crippen molar-refractivity contribution in [1.82, 2.24) is 10.6 Å². The van der Waals surface area contributed by atoms with E-state index in [0.717, 1.165) is 12.1 Å². The van der Waals surface area contributed by atoms with Gasteiger partial charge in [-0.15, -0.1) is 0 Å². The molecule has 0 saturated heterocycles. The van der Waals surface area contributed by atoms with Gasteiger partial charge in [0.15, 0.2) is 0 Å². The molecule has 1 aromatic carbocycles. The number of carbonyl (C=O) groups excluding carboxylic acids is 1. The number of rotatable bonds is 6. The first-order valence-electron chi connectivity index (χ1n) is 6.84. The van der Waals surface area contributed by atoms with E-state index in [0.29, 0.717) is 6.54 Å². The highest BCUT2D eigenvalue weighted by Crippen LogP contribution is 2.17. The summed E-state index contributed by atoms with van der Waals surface area (Å²) >= 11 is 0. The molecular formula is C15H22F2N2O2. The molecule has 0 aliphatic carbocycles. The lowest BCUT2D eigenvalue weighted by atomic mass is 10.1. The van der Waals surface area contributed by atoms with Gasteiger partial charge in [0.05, 0.1) is 6.10 Å². The molecule has 0 fully saturated rings. The van der Waals surface area contributed by atoms with E-state index in [4.69, 9.17) is 0 Å². The fraction of sp³-hybridized carbons (Fsp3) is 0.533. The Hall–Kier alpha value is -1.53. The summed E-state index contributed by atoms with van der Waals surface area (Å²) in [4.78, 5) is 11.5. The molecule has 1 amide bonds. The first-order valence-corrected chi connectivity index (χ1v) is 6.84. The minimum absolute atomic E-state index is 0.0306. The molecular weight excluding hydrogens is 278 g/mol. The van der Waals surface area contributed by atoms with Crippen LogP contribution in [0.2, 0.25) is 0 Å². The highest BCUT2D eigenvalue weighted by Gasteiger charge is 2.15. The highest BCUT2D eigenvalue weighted by molar-refractivity contribution is 5.76. The molecule has 21 heavy (non-hydrogen) atoms. The number of aliphatic hydroxyl groups excluding tert-OH is 1. The molecule has 0 aromatic heterocycles. The lowest BCUT2D eigenvalue weighted by Gasteiger charge is -2.20. The van der Waals surface area contributed by atoms with Crippen LogP contribution in [0.5, 0.6) is 0 Å². The molecule has 3 N–H and O–H groups in total. The van der Waals surface area contributed by atoms with Gasteiger partial charge in [-0.2, -0.15) is 0 Å². The molecule has 1 rings (SSSR count). The maximum atomic E-state index is 13.4. The third-order valence-electron chi connectivity index (χ3n) is 2.70. The fourth-order valence-electron chi connectivity index (χ4n) is 1.80. The Morgan fingerprint density at radius 3 is 2.57 bits per heavy atom. The Kier molecular flexibility index (Phi) is 6.23. The van der Waals surface area contributed by atoms with Gasteiger partial charge in [0.25, 0.3) is 0 Å². The number of carbonyl (C=O) groups is 1. The van der Waals surface area contributed by atoms with Crippen molar-refractivity contribution < 1.29 is 18.7 Å². The summed E-state index contributed by atoms with van der Waals surface area (Å²) in [5, 5.41) is 15.5. The number of hydrogen-bond acceptors (Lipinski definition) is 3. The van der Waals surface area contributed by atoms with Crippen molar-refractivity contribution in [2.45, 2.75) is 38.8 Å². The Bertz CT molecular complexity index is 487. The topological polar surface area (TPSA) is 61.4 Å². The largest absolute Gasteiger partial charge is 0.387 e. The van der Waals surface area contributed by atoms with Gasteiger partial charge in [-0.25, -0.2) is 8.78 Å². The van der Waals surface area contributed by atoms with Crippen LogP contribution in [-0.4, -0.2) is 29.6 Å². The van der Waals surface area contributed by atoms with Gasteiger partial charge in [0.1, 0.15) is 11.6 Å². The van der Waals surface area contributed by atoms with Crippen LogP contribution in [-0.2, 0) is 4.79 Å². The van der Waals surface area contributed by atoms with Crippen LogP contribution in [0.1, 0.15) is 38.9 Å². The van der Waals surface area contributed by atoms with Crippen LogP contribution in [0.25, 0.3) is 0 Å². The summed E-state index contributed by atoms with van der Waals surface area (Å²) in [6.45, 7) is 6.12. The van der Waals surface area contributed by atoms with Crippen molar-refractivity contribution in [2.24, 2.45) is 0 Å². The second-order valence-electron chi connectivity index (χ2n) is 5.93. The van der Waals surface area contributed by atoms with Crippen molar-refractivity contribution in [3.63, 3.8) is 0 Å². The van der Waals surface area contributed by atoms with Gasteiger partial charge >= 0.3 is 0 Å². The fourth-order valence-corrected chi connectivity index (χ4v) is 1.80. The molecule has 0 spiro atoms. The number of nitrogens with one attached hydrogen (secondary N) is 2. The Labute approximate surface area is 123 Å². The molecule has 1 unspecified atom stereocenters. The number of amides is 1. The van der Waals surface area contributed by atoms with E-state index in [1.807, 2.05) is 20.8 Å². The van der Waals surface area contributed by atoms with Crippen LogP contribution in [0.15, 0.2) is 18.2 Å². The third-order valence-corrected chi connectivity index (χ3v) is 2.70. The zero-order valence-electron chi connectivity index (χ0n) is 12.5. The summed E-state index contributed by atoms with van der Waals surface area (Å²) in [6, 6.07) is 3.04. The van der Waals surface area contributed by atoms with E-state index in [1.54, 1.807) is 0 Å². The molecule has 0 aliphatic heterocycles. The standard InChI is InChI=1S/C15H22F2N2O2/c1-15(2,3)19-14(21)6-7-18-9-13(20)11-5-4-10(16)8-12(11)17/h4-5,8,13,18,20H,6-7,9H2,1-3H3,(H,19,21). The van der Waals surface area contributed by atoms with Crippen LogP contribution in [0, 0.1) is 11.6 Å². The van der Waals surface area contributed by atoms with Crippen molar-refractivity contribution in [3.8, 4) is 0 Å². The predicted molar refractivity (Wildman–Crippen MR) is 76.7 cm³/mol. The molecule has 0 heterocycles. The maximum Gasteiger partial charge on any atom is 0.221 e. The van der Waals surface area contributed by atoms with Crippen molar-refractivity contribution in [3.05, 3.63) is 35.4 Å². The summed E-state index contributed by atoms with van der Waals surface area (Å²) in [6.07, 6.45) is -0.827. The Balaban J connectivity index is 2.34. The SMILES string of the molecule is CC(C)(C)NC(=O)CCNCC(O)c1ccc(F)cc1F. The van der Waals surface area contributed by atoms with Crippen molar-refractivity contribution >= 4 is 5.91 Å². The van der Waals surface area contributed by atoms with Crippen LogP contribution >= 0.6 is 0 Å². The van der Waals surface area contributed by atoms with Crippen LogP contribution < -0.4 is 10.6 Å². The van der Waals surface area contributed by atoms with Gasteiger partial charge in [-0.1, -0.05) is 6.07 Å². The Morgan fingerprint density at radius 2 is 2.00 bits per heavy atom. The second-order valence-corrected chi connectivity index (χ2v) is 5.93. The molecule has 1 aromatic rings. The van der Waals surface area contributed by atoms with Gasteiger partial charge in [0.2, 0.25) is 5.91 Å². The van der Waals surface area contributed by atoms with E-state index < -0.39 is 17.7 Å². The van der Waals surface area contributed by atoms with Gasteiger partial charge in [-0.3, -0.25) is 4.79 Å². The number of benzene rings is 1. The number of halogens is 2. The molecule has 4 nitrogen and oxygen atoms in total. The molecule has 1 atom stereocenters. The molecule has 0 bridgehead atoms. The zero-order chi connectivity index (χ0) is 16.0. The van der Waals surface area contributed by atoms with Crippen molar-refractivity contribution in [2.75, 3.05) is 13.1 Å². The normalized spacial score (nSPS) is 13.0. The second kappa shape index (κ2) is 7.47. The summed E-state index contributed by atoms with van der Waals surface area (Å²) in [5.41, 5.74) is -0.253. The third kappa shape index (κ3) is 6.64. The Morgan fingerprint density at radius 1 is 1.33 bits per heavy atom. The smallest absolute Gasteiger partial charge is 0.221 e. The lowest BCUT2D eigenvalue weighted by molar-refractivity contribution is -0.122. The van der Waals surface area contributed by atoms with E-state index >= 15 is 0 Å². The molecule has 6 heteroatoms. The van der Waals surface area contributed by atoms with Crippen molar-refractivity contribution in [1.29, 1.82) is 0 Å². The summed E-state index contributed by atoms with van der Waals surface area (Å²) in [5.74, 6) is -1.57. The average molecular weight is 300 g/mol. The number of aliphatic hydroxyl groups is 1. The lowest BCUT2D eigenvalue weighted by Crippen LogP contribution is -2.41. The summed E-state index contributed by atoms with van der Waals surface area (Å²) in [7, 11) is 0. The highest BCUT2D eigenvalue weighted by atomic mass is 19.1. The molecule has 0 aliphatic rings. The minimum atomic E-state index is -1.09. The van der Waals surface area contributed by atoms with E-state index in [9.17, 15) is 18.7 Å². The van der Waals surface area contributed by atoms with E-state index in [1.165, 1.54) is 6.07 Å². The minimum Gasteiger partial charge on any atom is -0.387 e. The van der Waals surface area contributed by atoms with Crippen LogP contribution in [0.4, 0.5) is 8.78 Å². The quantitative estimate of drug-likeness (QED) is 0.703. The number of hydrogen-bond donors (Lipinski definition) is 3. The molecule has 0 radical (unpaired) electrons. The zero-order valence-corrected chi connectivity index (χ0v) is 12.5. The van der Waals surface area contributed by atoms with Crippen LogP contribution in [0.3, 0.4) is 0 Å². The monoisotopic (exact) mass is 300 g/mol. The van der Waals surface area contributed by atoms with Gasteiger partial charge in [0, 0.05) is 36.7 Å². The molecule has 0 saturated carbocycles. The molecule has 118 valence electrons. The van der Waals surface area contributed by atoms with Gasteiger partial charge in [-0.05, 0) is 26.8 Å².